The fraction of sp³-hybridized carbons (Fsp3) is 0.900. The quantitative estimate of drug-likeness (QED) is 0.469. The van der Waals surface area contributed by atoms with Crippen LogP contribution in [0.3, 0.4) is 0 Å². The molecule has 21 heavy (non-hydrogen) atoms. The average molecular weight is 293 g/mol. The highest BCUT2D eigenvalue weighted by atomic mass is 16.3. The molecule has 1 heteroatoms. The van der Waals surface area contributed by atoms with E-state index in [0.29, 0.717) is 12.5 Å². The van der Waals surface area contributed by atoms with Crippen molar-refractivity contribution in [2.24, 2.45) is 23.7 Å². The Morgan fingerprint density at radius 1 is 0.857 bits per heavy atom. The highest BCUT2D eigenvalue weighted by Gasteiger charge is 2.29. The highest BCUT2D eigenvalue weighted by Crippen LogP contribution is 2.41. The van der Waals surface area contributed by atoms with Gasteiger partial charge in [0.1, 0.15) is 0 Å². The maximum atomic E-state index is 9.25. The molecule has 0 bridgehead atoms. The van der Waals surface area contributed by atoms with Gasteiger partial charge in [0.25, 0.3) is 0 Å². The lowest BCUT2D eigenvalue weighted by Crippen LogP contribution is -2.26. The van der Waals surface area contributed by atoms with Crippen molar-refractivity contribution in [1.29, 1.82) is 0 Å². The van der Waals surface area contributed by atoms with Crippen molar-refractivity contribution in [3.63, 3.8) is 0 Å². The minimum absolute atomic E-state index is 0.419. The summed E-state index contributed by atoms with van der Waals surface area (Å²) in [5.41, 5.74) is 0. The molecule has 122 valence electrons. The Balaban J connectivity index is 1.62. The van der Waals surface area contributed by atoms with Crippen LogP contribution < -0.4 is 0 Å². The number of hydrogen-bond donors (Lipinski definition) is 1. The third-order valence-corrected chi connectivity index (χ3v) is 6.02. The summed E-state index contributed by atoms with van der Waals surface area (Å²) in [6.45, 7) is 2.70. The second-order valence-electron chi connectivity index (χ2n) is 7.56. The normalized spacial score (nSPS) is 34.4. The molecule has 0 heterocycles. The lowest BCUT2D eigenvalue weighted by atomic mass is 9.69. The Morgan fingerprint density at radius 3 is 2.05 bits per heavy atom. The smallest absolute Gasteiger partial charge is 0.0459 e. The fourth-order valence-corrected chi connectivity index (χ4v) is 4.45. The summed E-state index contributed by atoms with van der Waals surface area (Å²) in [6.07, 6.45) is 21.4. The van der Waals surface area contributed by atoms with E-state index in [0.717, 1.165) is 17.8 Å². The number of hydrogen-bond acceptors (Lipinski definition) is 1. The van der Waals surface area contributed by atoms with Gasteiger partial charge in [0, 0.05) is 6.61 Å². The summed E-state index contributed by atoms with van der Waals surface area (Å²) in [5.74, 6) is 3.46. The fourth-order valence-electron chi connectivity index (χ4n) is 4.45. The number of unbranched alkanes of at least 4 members (excludes halogenated alkanes) is 3. The summed E-state index contributed by atoms with van der Waals surface area (Å²) < 4.78 is 0. The number of allylic oxidation sites excluding steroid dienone is 2. The van der Waals surface area contributed by atoms with Gasteiger partial charge in [0.2, 0.25) is 0 Å². The second kappa shape index (κ2) is 9.66. The van der Waals surface area contributed by atoms with Crippen molar-refractivity contribution >= 4 is 0 Å². The van der Waals surface area contributed by atoms with Crippen LogP contribution >= 0.6 is 0 Å². The molecule has 0 saturated heterocycles. The first-order valence-electron chi connectivity index (χ1n) is 9.61. The molecule has 2 aliphatic carbocycles. The van der Waals surface area contributed by atoms with Gasteiger partial charge >= 0.3 is 0 Å². The first-order valence-corrected chi connectivity index (χ1v) is 9.61. The second-order valence-corrected chi connectivity index (χ2v) is 7.56. The molecular weight excluding hydrogens is 256 g/mol. The van der Waals surface area contributed by atoms with E-state index in [1.807, 2.05) is 0 Å². The SMILES string of the molecule is CCCCCC=CC1CCC(C2CCC(CO)CC2)CC1. The zero-order valence-electron chi connectivity index (χ0n) is 14.1. The molecular formula is C20H36O. The van der Waals surface area contributed by atoms with Crippen LogP contribution in [0.1, 0.15) is 84.0 Å². The van der Waals surface area contributed by atoms with Crippen LogP contribution in [0.4, 0.5) is 0 Å². The van der Waals surface area contributed by atoms with E-state index >= 15 is 0 Å². The molecule has 0 aromatic rings. The molecule has 1 N–H and O–H groups in total. The molecule has 1 nitrogen and oxygen atoms in total. The van der Waals surface area contributed by atoms with Gasteiger partial charge in [-0.15, -0.1) is 0 Å². The van der Waals surface area contributed by atoms with Crippen LogP contribution in [-0.2, 0) is 0 Å². The van der Waals surface area contributed by atoms with Crippen LogP contribution in [0.25, 0.3) is 0 Å². The molecule has 0 aromatic carbocycles. The van der Waals surface area contributed by atoms with Gasteiger partial charge in [-0.3, -0.25) is 0 Å². The standard InChI is InChI=1S/C20H36O/c1-2-3-4-5-6-7-17-8-12-19(13-9-17)20-14-10-18(16-21)11-15-20/h6-7,17-21H,2-5,8-16H2,1H3. The van der Waals surface area contributed by atoms with Crippen LogP contribution in [0.5, 0.6) is 0 Å². The van der Waals surface area contributed by atoms with Gasteiger partial charge in [0.05, 0.1) is 0 Å². The van der Waals surface area contributed by atoms with Crippen molar-refractivity contribution in [3.8, 4) is 0 Å². The Kier molecular flexibility index (Phi) is 7.85. The van der Waals surface area contributed by atoms with Crippen molar-refractivity contribution < 1.29 is 5.11 Å². The topological polar surface area (TPSA) is 20.2 Å². The molecule has 2 fully saturated rings. The van der Waals surface area contributed by atoms with Gasteiger partial charge in [0.15, 0.2) is 0 Å². The maximum Gasteiger partial charge on any atom is 0.0459 e. The van der Waals surface area contributed by atoms with E-state index in [1.54, 1.807) is 0 Å². The minimum atomic E-state index is 0.419. The Morgan fingerprint density at radius 2 is 1.48 bits per heavy atom. The van der Waals surface area contributed by atoms with Gasteiger partial charge in [-0.2, -0.15) is 0 Å². The van der Waals surface area contributed by atoms with Crippen LogP contribution in [0, 0.1) is 23.7 Å². The molecule has 0 spiro atoms. The molecule has 0 aliphatic heterocycles. The van der Waals surface area contributed by atoms with Gasteiger partial charge < -0.3 is 5.11 Å². The van der Waals surface area contributed by atoms with Gasteiger partial charge in [-0.05, 0) is 87.9 Å². The lowest BCUT2D eigenvalue weighted by molar-refractivity contribution is 0.122. The summed E-state index contributed by atoms with van der Waals surface area (Å²) in [6, 6.07) is 0. The van der Waals surface area contributed by atoms with Crippen molar-refractivity contribution in [2.75, 3.05) is 6.61 Å². The number of aliphatic hydroxyl groups is 1. The first kappa shape index (κ1) is 17.1. The molecule has 0 radical (unpaired) electrons. The molecule has 2 saturated carbocycles. The zero-order valence-corrected chi connectivity index (χ0v) is 14.1. The Hall–Kier alpha value is -0.300. The van der Waals surface area contributed by atoms with Crippen molar-refractivity contribution in [1.82, 2.24) is 0 Å². The van der Waals surface area contributed by atoms with E-state index in [2.05, 4.69) is 19.1 Å². The molecule has 0 atom stereocenters. The van der Waals surface area contributed by atoms with Crippen molar-refractivity contribution in [2.45, 2.75) is 84.0 Å². The number of rotatable bonds is 7. The molecule has 2 aliphatic rings. The van der Waals surface area contributed by atoms with E-state index in [-0.39, 0.29) is 0 Å². The molecule has 0 unspecified atom stereocenters. The van der Waals surface area contributed by atoms with E-state index in [4.69, 9.17) is 0 Å². The molecule has 2 rings (SSSR count). The largest absolute Gasteiger partial charge is 0.396 e. The summed E-state index contributed by atoms with van der Waals surface area (Å²) in [7, 11) is 0. The van der Waals surface area contributed by atoms with Crippen LogP contribution in [0.2, 0.25) is 0 Å². The predicted octanol–water partition coefficient (Wildman–Crippen LogP) is 5.73. The third-order valence-electron chi connectivity index (χ3n) is 6.02. The van der Waals surface area contributed by atoms with Crippen LogP contribution in [0.15, 0.2) is 12.2 Å². The Labute approximate surface area is 132 Å². The highest BCUT2D eigenvalue weighted by molar-refractivity contribution is 4.92. The Bertz CT molecular complexity index is 280. The average Bonchev–Trinajstić information content (AvgIpc) is 2.55. The monoisotopic (exact) mass is 292 g/mol. The predicted molar refractivity (Wildman–Crippen MR) is 91.3 cm³/mol. The maximum absolute atomic E-state index is 9.25. The van der Waals surface area contributed by atoms with Gasteiger partial charge in [-0.1, -0.05) is 31.9 Å². The summed E-state index contributed by atoms with van der Waals surface area (Å²) in [4.78, 5) is 0. The van der Waals surface area contributed by atoms with Gasteiger partial charge in [-0.25, -0.2) is 0 Å². The minimum Gasteiger partial charge on any atom is -0.396 e. The first-order chi connectivity index (χ1) is 10.3. The lowest BCUT2D eigenvalue weighted by Gasteiger charge is -2.37. The van der Waals surface area contributed by atoms with E-state index in [1.165, 1.54) is 77.0 Å². The number of aliphatic hydroxyl groups excluding tert-OH is 1. The van der Waals surface area contributed by atoms with E-state index in [9.17, 15) is 5.11 Å². The molecule has 0 aromatic heterocycles. The van der Waals surface area contributed by atoms with E-state index < -0.39 is 0 Å². The van der Waals surface area contributed by atoms with Crippen LogP contribution in [-0.4, -0.2) is 11.7 Å². The summed E-state index contributed by atoms with van der Waals surface area (Å²) >= 11 is 0. The molecule has 0 amide bonds. The van der Waals surface area contributed by atoms with Crippen molar-refractivity contribution in [3.05, 3.63) is 12.2 Å². The summed E-state index contributed by atoms with van der Waals surface area (Å²) in [5, 5.41) is 9.25. The zero-order chi connectivity index (χ0) is 14.9. The third kappa shape index (κ3) is 5.77.